The Bertz CT molecular complexity index is 748. The molecular weight excluding hydrogens is 513 g/mol. The van der Waals surface area contributed by atoms with Crippen LogP contribution in [0, 0.1) is 0 Å². The predicted octanol–water partition coefficient (Wildman–Crippen LogP) is 3.77. The highest BCUT2D eigenvalue weighted by atomic mass is 127. The van der Waals surface area contributed by atoms with E-state index in [-0.39, 0.29) is 29.5 Å². The van der Waals surface area contributed by atoms with Crippen molar-refractivity contribution in [3.63, 3.8) is 0 Å². The first-order valence-electron chi connectivity index (χ1n) is 12.1. The molecule has 3 aliphatic rings. The number of anilines is 1. The van der Waals surface area contributed by atoms with Gasteiger partial charge < -0.3 is 20.3 Å². The van der Waals surface area contributed by atoms with Crippen LogP contribution < -0.4 is 15.5 Å². The van der Waals surface area contributed by atoms with E-state index in [1.54, 1.807) is 0 Å². The Balaban J connectivity index is 0.00000289. The second kappa shape index (κ2) is 12.8. The Labute approximate surface area is 210 Å². The zero-order chi connectivity index (χ0) is 21.4. The van der Waals surface area contributed by atoms with Crippen molar-refractivity contribution in [2.24, 2.45) is 4.99 Å². The second-order valence-corrected chi connectivity index (χ2v) is 8.98. The zero-order valence-electron chi connectivity index (χ0n) is 19.5. The SMILES string of the molecule is CCNC(=NCc1cccc(N2CC=CC2)c1)NCC1(N2CCOCC2)CCCCC1.I. The van der Waals surface area contributed by atoms with Crippen molar-refractivity contribution in [3.8, 4) is 0 Å². The first kappa shape index (κ1) is 25.3. The van der Waals surface area contributed by atoms with Crippen LogP contribution in [-0.4, -0.2) is 68.9 Å². The van der Waals surface area contributed by atoms with E-state index in [0.717, 1.165) is 58.4 Å². The predicted molar refractivity (Wildman–Crippen MR) is 144 cm³/mol. The van der Waals surface area contributed by atoms with E-state index in [1.807, 2.05) is 0 Å². The first-order chi connectivity index (χ1) is 15.3. The summed E-state index contributed by atoms with van der Waals surface area (Å²) in [6.45, 7) is 10.5. The van der Waals surface area contributed by atoms with E-state index in [1.165, 1.54) is 43.4 Å². The van der Waals surface area contributed by atoms with Gasteiger partial charge in [0.2, 0.25) is 0 Å². The largest absolute Gasteiger partial charge is 0.379 e. The summed E-state index contributed by atoms with van der Waals surface area (Å²) in [6, 6.07) is 8.79. The molecule has 4 rings (SSSR count). The Morgan fingerprint density at radius 3 is 2.53 bits per heavy atom. The van der Waals surface area contributed by atoms with E-state index < -0.39 is 0 Å². The summed E-state index contributed by atoms with van der Waals surface area (Å²) in [6.07, 6.45) is 11.0. The number of ether oxygens (including phenoxy) is 1. The van der Waals surface area contributed by atoms with Crippen molar-refractivity contribution < 1.29 is 4.74 Å². The normalized spacial score (nSPS) is 21.3. The van der Waals surface area contributed by atoms with Gasteiger partial charge in [0.25, 0.3) is 0 Å². The van der Waals surface area contributed by atoms with Gasteiger partial charge in [0.05, 0.1) is 19.8 Å². The van der Waals surface area contributed by atoms with Gasteiger partial charge in [0.15, 0.2) is 5.96 Å². The van der Waals surface area contributed by atoms with Crippen molar-refractivity contribution in [3.05, 3.63) is 42.0 Å². The molecule has 0 spiro atoms. The third-order valence-electron chi connectivity index (χ3n) is 6.91. The van der Waals surface area contributed by atoms with E-state index in [0.29, 0.717) is 6.54 Å². The lowest BCUT2D eigenvalue weighted by Gasteiger charge is -2.48. The maximum atomic E-state index is 5.63. The fourth-order valence-electron chi connectivity index (χ4n) is 5.15. The minimum Gasteiger partial charge on any atom is -0.379 e. The molecule has 0 amide bonds. The highest BCUT2D eigenvalue weighted by Gasteiger charge is 2.38. The summed E-state index contributed by atoms with van der Waals surface area (Å²) < 4.78 is 5.63. The van der Waals surface area contributed by atoms with Gasteiger partial charge in [-0.05, 0) is 37.5 Å². The molecule has 7 heteroatoms. The number of rotatable bonds is 7. The van der Waals surface area contributed by atoms with Crippen molar-refractivity contribution >= 4 is 35.6 Å². The second-order valence-electron chi connectivity index (χ2n) is 8.98. The number of aliphatic imine (C=N–C) groups is 1. The molecular formula is C25H40IN5O. The number of hydrogen-bond donors (Lipinski definition) is 2. The number of guanidine groups is 1. The van der Waals surface area contributed by atoms with Crippen molar-refractivity contribution in [1.29, 1.82) is 0 Å². The molecule has 178 valence electrons. The molecule has 2 N–H and O–H groups in total. The molecule has 2 heterocycles. The fraction of sp³-hybridized carbons (Fsp3) is 0.640. The van der Waals surface area contributed by atoms with Gasteiger partial charge in [-0.25, -0.2) is 4.99 Å². The lowest BCUT2D eigenvalue weighted by molar-refractivity contribution is -0.0352. The van der Waals surface area contributed by atoms with Crippen LogP contribution in [0.25, 0.3) is 0 Å². The summed E-state index contributed by atoms with van der Waals surface area (Å²) in [4.78, 5) is 9.99. The number of morpholine rings is 1. The van der Waals surface area contributed by atoms with Crippen LogP contribution in [0.4, 0.5) is 5.69 Å². The maximum absolute atomic E-state index is 5.63. The summed E-state index contributed by atoms with van der Waals surface area (Å²) in [5, 5.41) is 7.16. The van der Waals surface area contributed by atoms with Gasteiger partial charge in [0, 0.05) is 50.5 Å². The van der Waals surface area contributed by atoms with Crippen LogP contribution in [0.3, 0.4) is 0 Å². The number of benzene rings is 1. The fourth-order valence-corrected chi connectivity index (χ4v) is 5.15. The number of halogens is 1. The number of nitrogens with one attached hydrogen (secondary N) is 2. The zero-order valence-corrected chi connectivity index (χ0v) is 21.9. The van der Waals surface area contributed by atoms with Crippen LogP contribution in [-0.2, 0) is 11.3 Å². The topological polar surface area (TPSA) is 52.1 Å². The number of hydrogen-bond acceptors (Lipinski definition) is 4. The monoisotopic (exact) mass is 553 g/mol. The van der Waals surface area contributed by atoms with Crippen molar-refractivity contribution in [2.75, 3.05) is 57.4 Å². The molecule has 1 aliphatic carbocycles. The quantitative estimate of drug-likeness (QED) is 0.233. The molecule has 2 fully saturated rings. The van der Waals surface area contributed by atoms with Gasteiger partial charge in [-0.3, -0.25) is 4.90 Å². The molecule has 0 unspecified atom stereocenters. The molecule has 32 heavy (non-hydrogen) atoms. The third kappa shape index (κ3) is 6.60. The molecule has 6 nitrogen and oxygen atoms in total. The molecule has 1 aromatic rings. The molecule has 0 bridgehead atoms. The average molecular weight is 554 g/mol. The van der Waals surface area contributed by atoms with Crippen LogP contribution in [0.5, 0.6) is 0 Å². The minimum atomic E-state index is 0. The average Bonchev–Trinajstić information content (AvgIpc) is 3.37. The first-order valence-corrected chi connectivity index (χ1v) is 12.1. The van der Waals surface area contributed by atoms with E-state index in [2.05, 4.69) is 63.8 Å². The van der Waals surface area contributed by atoms with Crippen LogP contribution >= 0.6 is 24.0 Å². The third-order valence-corrected chi connectivity index (χ3v) is 6.91. The van der Waals surface area contributed by atoms with Gasteiger partial charge in [-0.2, -0.15) is 0 Å². The Kier molecular flexibility index (Phi) is 10.1. The van der Waals surface area contributed by atoms with E-state index in [4.69, 9.17) is 9.73 Å². The molecule has 0 atom stereocenters. The lowest BCUT2D eigenvalue weighted by Crippen LogP contribution is -2.60. The summed E-state index contributed by atoms with van der Waals surface area (Å²) in [7, 11) is 0. The van der Waals surface area contributed by atoms with Crippen LogP contribution in [0.1, 0.15) is 44.6 Å². The van der Waals surface area contributed by atoms with Crippen molar-refractivity contribution in [2.45, 2.75) is 51.1 Å². The molecule has 1 saturated heterocycles. The standard InChI is InChI=1S/C25H39N5O.HI/c1-2-26-24(27-20-22-9-8-10-23(19-22)29-13-6-7-14-29)28-21-25(11-4-3-5-12-25)30-15-17-31-18-16-30;/h6-10,19H,2-5,11-18,20-21H2,1H3,(H2,26,27,28);1H. The van der Waals surface area contributed by atoms with Crippen LogP contribution in [0.15, 0.2) is 41.4 Å². The molecule has 1 saturated carbocycles. The van der Waals surface area contributed by atoms with Crippen LogP contribution in [0.2, 0.25) is 0 Å². The molecule has 0 radical (unpaired) electrons. The molecule has 2 aliphatic heterocycles. The molecule has 0 aromatic heterocycles. The number of nitrogens with zero attached hydrogens (tertiary/aromatic N) is 3. The molecule has 1 aromatic carbocycles. The van der Waals surface area contributed by atoms with Gasteiger partial charge >= 0.3 is 0 Å². The Morgan fingerprint density at radius 2 is 1.81 bits per heavy atom. The maximum Gasteiger partial charge on any atom is 0.191 e. The summed E-state index contributed by atoms with van der Waals surface area (Å²) in [5.41, 5.74) is 2.77. The Morgan fingerprint density at radius 1 is 1.06 bits per heavy atom. The van der Waals surface area contributed by atoms with Gasteiger partial charge in [-0.15, -0.1) is 24.0 Å². The highest BCUT2D eigenvalue weighted by Crippen LogP contribution is 2.33. The smallest absolute Gasteiger partial charge is 0.191 e. The van der Waals surface area contributed by atoms with E-state index >= 15 is 0 Å². The van der Waals surface area contributed by atoms with Crippen molar-refractivity contribution in [1.82, 2.24) is 15.5 Å². The van der Waals surface area contributed by atoms with Gasteiger partial charge in [-0.1, -0.05) is 43.5 Å². The minimum absolute atomic E-state index is 0. The Hall–Kier alpha value is -1.32. The summed E-state index contributed by atoms with van der Waals surface area (Å²) in [5.74, 6) is 0.925. The van der Waals surface area contributed by atoms with Gasteiger partial charge in [0.1, 0.15) is 0 Å². The van der Waals surface area contributed by atoms with E-state index in [9.17, 15) is 0 Å². The summed E-state index contributed by atoms with van der Waals surface area (Å²) >= 11 is 0. The highest BCUT2D eigenvalue weighted by molar-refractivity contribution is 14.0. The lowest BCUT2D eigenvalue weighted by atomic mass is 9.80.